The summed E-state index contributed by atoms with van der Waals surface area (Å²) in [4.78, 5) is 26.9. The van der Waals surface area contributed by atoms with Crippen molar-refractivity contribution in [3.63, 3.8) is 0 Å². The van der Waals surface area contributed by atoms with Crippen LogP contribution >= 0.6 is 25.3 Å². The molecule has 0 spiro atoms. The summed E-state index contributed by atoms with van der Waals surface area (Å²) in [6.45, 7) is 2.84. The standard InChI is InChI=1S/C9H16N4O2S2/c1-9-6(10-7(14)13(9)3-5-17)12(2-4-16)8(15)11-9/h6,16-17H,2-5H2,1H3,(H,10,14)(H,11,15). The first-order valence-electron chi connectivity index (χ1n) is 5.43. The topological polar surface area (TPSA) is 64.7 Å². The minimum Gasteiger partial charge on any atom is -0.314 e. The Hall–Kier alpha value is -0.760. The molecule has 2 heterocycles. The molecular weight excluding hydrogens is 260 g/mol. The zero-order valence-corrected chi connectivity index (χ0v) is 11.3. The normalized spacial score (nSPS) is 31.6. The molecule has 0 radical (unpaired) electrons. The second-order valence-electron chi connectivity index (χ2n) is 4.22. The maximum atomic E-state index is 11.8. The maximum absolute atomic E-state index is 11.8. The summed E-state index contributed by atoms with van der Waals surface area (Å²) in [6.07, 6.45) is -0.338. The van der Waals surface area contributed by atoms with Gasteiger partial charge in [0.05, 0.1) is 0 Å². The lowest BCUT2D eigenvalue weighted by molar-refractivity contribution is 0.135. The lowest BCUT2D eigenvalue weighted by atomic mass is 10.1. The van der Waals surface area contributed by atoms with Gasteiger partial charge in [0.2, 0.25) is 0 Å². The average Bonchev–Trinajstić information content (AvgIpc) is 2.63. The van der Waals surface area contributed by atoms with Crippen molar-refractivity contribution in [2.75, 3.05) is 24.6 Å². The van der Waals surface area contributed by atoms with Crippen LogP contribution in [0.1, 0.15) is 6.92 Å². The molecule has 0 bridgehead atoms. The van der Waals surface area contributed by atoms with E-state index in [0.29, 0.717) is 24.6 Å². The quantitative estimate of drug-likeness (QED) is 0.544. The molecule has 2 fully saturated rings. The van der Waals surface area contributed by atoms with Crippen molar-refractivity contribution < 1.29 is 9.59 Å². The van der Waals surface area contributed by atoms with Crippen LogP contribution < -0.4 is 10.6 Å². The molecule has 0 aromatic rings. The fourth-order valence-electron chi connectivity index (χ4n) is 2.39. The molecule has 2 atom stereocenters. The first-order valence-corrected chi connectivity index (χ1v) is 6.69. The Balaban J connectivity index is 2.24. The first kappa shape index (κ1) is 12.7. The van der Waals surface area contributed by atoms with Crippen LogP contribution in [0.4, 0.5) is 9.59 Å². The van der Waals surface area contributed by atoms with Crippen molar-refractivity contribution in [2.45, 2.75) is 18.8 Å². The van der Waals surface area contributed by atoms with Gasteiger partial charge in [0.25, 0.3) is 0 Å². The molecule has 4 amide bonds. The number of nitrogens with one attached hydrogen (secondary N) is 2. The fourth-order valence-corrected chi connectivity index (χ4v) is 2.80. The van der Waals surface area contributed by atoms with Crippen molar-refractivity contribution >= 4 is 37.3 Å². The average molecular weight is 276 g/mol. The van der Waals surface area contributed by atoms with Gasteiger partial charge in [-0.2, -0.15) is 25.3 Å². The van der Waals surface area contributed by atoms with Gasteiger partial charge < -0.3 is 10.6 Å². The minimum atomic E-state index is -0.695. The Morgan fingerprint density at radius 1 is 1.24 bits per heavy atom. The number of carbonyl (C=O) groups excluding carboxylic acids is 2. The third-order valence-electron chi connectivity index (χ3n) is 3.20. The van der Waals surface area contributed by atoms with Gasteiger partial charge in [0, 0.05) is 24.6 Å². The number of urea groups is 2. The highest BCUT2D eigenvalue weighted by Gasteiger charge is 2.58. The van der Waals surface area contributed by atoms with Crippen molar-refractivity contribution in [3.05, 3.63) is 0 Å². The molecule has 2 saturated heterocycles. The Morgan fingerprint density at radius 3 is 2.47 bits per heavy atom. The summed E-state index contributed by atoms with van der Waals surface area (Å²) in [5.41, 5.74) is -0.695. The van der Waals surface area contributed by atoms with Crippen molar-refractivity contribution in [1.82, 2.24) is 20.4 Å². The Kier molecular flexibility index (Phi) is 3.35. The van der Waals surface area contributed by atoms with Crippen LogP contribution in [-0.4, -0.2) is 58.3 Å². The van der Waals surface area contributed by atoms with Gasteiger partial charge in [-0.1, -0.05) is 0 Å². The number of fused-ring (bicyclic) bond motifs is 1. The number of nitrogens with zero attached hydrogens (tertiary/aromatic N) is 2. The Morgan fingerprint density at radius 2 is 1.88 bits per heavy atom. The predicted molar refractivity (Wildman–Crippen MR) is 70.4 cm³/mol. The van der Waals surface area contributed by atoms with Gasteiger partial charge in [-0.3, -0.25) is 9.80 Å². The number of carbonyl (C=O) groups is 2. The smallest absolute Gasteiger partial charge is 0.314 e. The summed E-state index contributed by atoms with van der Waals surface area (Å²) >= 11 is 8.25. The van der Waals surface area contributed by atoms with E-state index in [-0.39, 0.29) is 18.2 Å². The summed E-state index contributed by atoms with van der Waals surface area (Å²) in [7, 11) is 0. The lowest BCUT2D eigenvalue weighted by Crippen LogP contribution is -2.56. The highest BCUT2D eigenvalue weighted by molar-refractivity contribution is 7.80. The number of hydrogen-bond donors (Lipinski definition) is 4. The number of thiol groups is 2. The molecule has 0 saturated carbocycles. The number of amides is 4. The first-order chi connectivity index (χ1) is 8.04. The van der Waals surface area contributed by atoms with E-state index in [4.69, 9.17) is 0 Å². The molecule has 8 heteroatoms. The lowest BCUT2D eigenvalue weighted by Gasteiger charge is -2.32. The largest absolute Gasteiger partial charge is 0.321 e. The van der Waals surface area contributed by atoms with Crippen molar-refractivity contribution in [1.29, 1.82) is 0 Å². The van der Waals surface area contributed by atoms with Gasteiger partial charge in [0.15, 0.2) is 5.66 Å². The second kappa shape index (κ2) is 4.49. The van der Waals surface area contributed by atoms with E-state index >= 15 is 0 Å². The maximum Gasteiger partial charge on any atom is 0.321 e. The van der Waals surface area contributed by atoms with Crippen LogP contribution in [0.5, 0.6) is 0 Å². The second-order valence-corrected chi connectivity index (χ2v) is 5.12. The summed E-state index contributed by atoms with van der Waals surface area (Å²) in [6, 6.07) is -0.341. The van der Waals surface area contributed by atoms with Gasteiger partial charge in [-0.15, -0.1) is 0 Å². The number of hydrogen-bond acceptors (Lipinski definition) is 4. The molecular formula is C9H16N4O2S2. The van der Waals surface area contributed by atoms with Crippen LogP contribution in [0.25, 0.3) is 0 Å². The van der Waals surface area contributed by atoms with Crippen LogP contribution in [0.2, 0.25) is 0 Å². The molecule has 2 N–H and O–H groups in total. The van der Waals surface area contributed by atoms with Gasteiger partial charge >= 0.3 is 12.1 Å². The van der Waals surface area contributed by atoms with Gasteiger partial charge in [0.1, 0.15) is 6.17 Å². The van der Waals surface area contributed by atoms with E-state index in [9.17, 15) is 9.59 Å². The molecule has 2 rings (SSSR count). The van der Waals surface area contributed by atoms with E-state index in [2.05, 4.69) is 35.9 Å². The van der Waals surface area contributed by atoms with Crippen LogP contribution in [0.3, 0.4) is 0 Å². The molecule has 6 nitrogen and oxygen atoms in total. The van der Waals surface area contributed by atoms with E-state index in [1.807, 2.05) is 6.92 Å². The Bertz CT molecular complexity index is 352. The molecule has 0 aliphatic carbocycles. The van der Waals surface area contributed by atoms with Gasteiger partial charge in [-0.25, -0.2) is 9.59 Å². The van der Waals surface area contributed by atoms with E-state index < -0.39 is 5.66 Å². The van der Waals surface area contributed by atoms with Crippen LogP contribution in [0, 0.1) is 0 Å². The third-order valence-corrected chi connectivity index (χ3v) is 3.60. The molecule has 0 aromatic heterocycles. The Labute approximate surface area is 111 Å². The van der Waals surface area contributed by atoms with E-state index in [1.54, 1.807) is 9.80 Å². The van der Waals surface area contributed by atoms with Crippen LogP contribution in [0.15, 0.2) is 0 Å². The van der Waals surface area contributed by atoms with Gasteiger partial charge in [-0.05, 0) is 6.92 Å². The zero-order chi connectivity index (χ0) is 12.6. The summed E-state index contributed by atoms with van der Waals surface area (Å²) < 4.78 is 0. The number of rotatable bonds is 4. The van der Waals surface area contributed by atoms with E-state index in [0.717, 1.165) is 0 Å². The summed E-state index contributed by atoms with van der Waals surface area (Å²) in [5, 5.41) is 5.67. The zero-order valence-electron chi connectivity index (χ0n) is 9.51. The van der Waals surface area contributed by atoms with Crippen molar-refractivity contribution in [3.8, 4) is 0 Å². The third kappa shape index (κ3) is 1.83. The summed E-state index contributed by atoms with van der Waals surface area (Å²) in [5.74, 6) is 1.11. The SMILES string of the molecule is CC12NC(=O)N(CCS)C1NC(=O)N2CCS. The highest BCUT2D eigenvalue weighted by Crippen LogP contribution is 2.30. The molecule has 2 unspecified atom stereocenters. The molecule has 0 aromatic carbocycles. The van der Waals surface area contributed by atoms with E-state index in [1.165, 1.54) is 0 Å². The minimum absolute atomic E-state index is 0.171. The predicted octanol–water partition coefficient (Wildman–Crippen LogP) is -0.0613. The monoisotopic (exact) mass is 276 g/mol. The molecule has 96 valence electrons. The molecule has 17 heavy (non-hydrogen) atoms. The molecule has 2 aliphatic rings. The fraction of sp³-hybridized carbons (Fsp3) is 0.778. The van der Waals surface area contributed by atoms with Crippen molar-refractivity contribution in [2.24, 2.45) is 0 Å². The highest BCUT2D eigenvalue weighted by atomic mass is 32.1. The molecule has 2 aliphatic heterocycles. The van der Waals surface area contributed by atoms with Crippen LogP contribution in [-0.2, 0) is 0 Å².